The van der Waals surface area contributed by atoms with E-state index in [2.05, 4.69) is 10.7 Å². The second-order valence-corrected chi connectivity index (χ2v) is 7.46. The van der Waals surface area contributed by atoms with Crippen molar-refractivity contribution in [2.45, 2.75) is 77.0 Å². The van der Waals surface area contributed by atoms with Crippen LogP contribution < -0.4 is 0 Å². The summed E-state index contributed by atoms with van der Waals surface area (Å²) >= 11 is 0. The Labute approximate surface area is 165 Å². The molecule has 2 fully saturated rings. The lowest BCUT2D eigenvalue weighted by molar-refractivity contribution is -0.186. The van der Waals surface area contributed by atoms with Crippen molar-refractivity contribution in [3.05, 3.63) is 5.53 Å². The summed E-state index contributed by atoms with van der Waals surface area (Å²) in [6.45, 7) is 9.24. The summed E-state index contributed by atoms with van der Waals surface area (Å²) in [5, 5.41) is 0. The summed E-state index contributed by atoms with van der Waals surface area (Å²) in [4.78, 5) is 15.1. The fourth-order valence-electron chi connectivity index (χ4n) is 3.30. The molecule has 0 aromatic rings. The third-order valence-electron chi connectivity index (χ3n) is 4.33. The van der Waals surface area contributed by atoms with Crippen molar-refractivity contribution in [3.63, 3.8) is 0 Å². The van der Waals surface area contributed by atoms with Crippen LogP contribution in [0, 0.1) is 12.3 Å². The number of ether oxygens (including phenoxy) is 6. The molecule has 2 aliphatic heterocycles. The van der Waals surface area contributed by atoms with Gasteiger partial charge < -0.3 is 34.0 Å². The summed E-state index contributed by atoms with van der Waals surface area (Å²) in [5.41, 5.74) is 9.08. The molecule has 0 N–H and O–H groups in total. The topological polar surface area (TPSA) is 109 Å². The smallest absolute Gasteiger partial charge is 0.416 e. The first-order valence-corrected chi connectivity index (χ1v) is 9.23. The van der Waals surface area contributed by atoms with Crippen LogP contribution in [0.25, 0.3) is 5.53 Å². The Bertz CT molecular complexity index is 664. The van der Waals surface area contributed by atoms with Gasteiger partial charge in [0, 0.05) is 0 Å². The molecule has 0 aromatic heterocycles. The quantitative estimate of drug-likeness (QED) is 0.200. The van der Waals surface area contributed by atoms with E-state index >= 15 is 0 Å². The van der Waals surface area contributed by atoms with E-state index in [0.717, 1.165) is 0 Å². The highest BCUT2D eigenvalue weighted by atomic mass is 16.8. The van der Waals surface area contributed by atoms with Gasteiger partial charge in [0.2, 0.25) is 0 Å². The maximum absolute atomic E-state index is 12.0. The first kappa shape index (κ1) is 22.5. The van der Waals surface area contributed by atoms with Crippen LogP contribution in [0.3, 0.4) is 0 Å². The molecule has 28 heavy (non-hydrogen) atoms. The van der Waals surface area contributed by atoms with Crippen molar-refractivity contribution < 1.29 is 38.0 Å². The normalized spacial score (nSPS) is 28.9. The van der Waals surface area contributed by atoms with E-state index < -0.39 is 42.0 Å². The van der Waals surface area contributed by atoms with E-state index in [0.29, 0.717) is 0 Å². The first-order chi connectivity index (χ1) is 13.1. The Kier molecular flexibility index (Phi) is 7.34. The van der Waals surface area contributed by atoms with Crippen molar-refractivity contribution in [1.29, 1.82) is 0 Å². The van der Waals surface area contributed by atoms with Crippen molar-refractivity contribution in [2.24, 2.45) is 0 Å². The van der Waals surface area contributed by atoms with Gasteiger partial charge in [-0.1, -0.05) is 5.92 Å². The zero-order chi connectivity index (χ0) is 20.9. The van der Waals surface area contributed by atoms with Crippen LogP contribution in [-0.4, -0.2) is 72.3 Å². The van der Waals surface area contributed by atoms with Gasteiger partial charge in [-0.2, -0.15) is 4.79 Å². The monoisotopic (exact) mass is 396 g/mol. The Morgan fingerprint density at radius 3 is 2.54 bits per heavy atom. The number of hydrogen-bond acceptors (Lipinski definition) is 7. The molecule has 9 heteroatoms. The number of terminal acetylenes is 1. The molecule has 2 saturated heterocycles. The molecule has 9 nitrogen and oxygen atoms in total. The molecule has 0 unspecified atom stereocenters. The van der Waals surface area contributed by atoms with Gasteiger partial charge in [-0.3, -0.25) is 0 Å². The molecule has 2 aliphatic rings. The van der Waals surface area contributed by atoms with Crippen LogP contribution in [0.1, 0.15) is 41.0 Å². The molecular weight excluding hydrogens is 368 g/mol. The van der Waals surface area contributed by atoms with E-state index in [1.54, 1.807) is 34.6 Å². The number of carbonyl (C=O) groups excluding carboxylic acids is 1. The van der Waals surface area contributed by atoms with Crippen LogP contribution in [0.2, 0.25) is 0 Å². The molecule has 0 bridgehead atoms. The number of carbonyl (C=O) groups is 1. The summed E-state index contributed by atoms with van der Waals surface area (Å²) in [6, 6.07) is 0. The van der Waals surface area contributed by atoms with Crippen molar-refractivity contribution in [1.82, 2.24) is 0 Å². The predicted octanol–water partition coefficient (Wildman–Crippen LogP) is 1.30. The zero-order valence-corrected chi connectivity index (χ0v) is 17.0. The molecule has 0 saturated carbocycles. The maximum atomic E-state index is 12.0. The van der Waals surface area contributed by atoms with Crippen molar-refractivity contribution >= 4 is 11.7 Å². The molecule has 0 aromatic carbocycles. The SMILES string of the molecule is C#CCO[C@@H]([C@@H]1OC(C)(C)O[C@@H]1CC(=[N+]=[N-])C(=O)OCC)[C@H]1COC(C)(C)O1. The van der Waals surface area contributed by atoms with Crippen LogP contribution in [0.4, 0.5) is 0 Å². The predicted molar refractivity (Wildman–Crippen MR) is 97.2 cm³/mol. The number of hydrogen-bond donors (Lipinski definition) is 0. The summed E-state index contributed by atoms with van der Waals surface area (Å²) < 4.78 is 34.3. The molecule has 2 heterocycles. The second kappa shape index (κ2) is 9.14. The highest BCUT2D eigenvalue weighted by Crippen LogP contribution is 2.36. The Morgan fingerprint density at radius 2 is 2.00 bits per heavy atom. The van der Waals surface area contributed by atoms with Crippen LogP contribution in [-0.2, 0) is 33.2 Å². The van der Waals surface area contributed by atoms with Crippen molar-refractivity contribution in [2.75, 3.05) is 19.8 Å². The molecule has 156 valence electrons. The van der Waals surface area contributed by atoms with Gasteiger partial charge in [-0.25, -0.2) is 4.79 Å². The minimum atomic E-state index is -0.947. The van der Waals surface area contributed by atoms with Crippen molar-refractivity contribution in [3.8, 4) is 12.3 Å². The van der Waals surface area contributed by atoms with E-state index in [1.165, 1.54) is 0 Å². The van der Waals surface area contributed by atoms with Gasteiger partial charge in [-0.05, 0) is 34.6 Å². The Balaban J connectivity index is 2.24. The summed E-state index contributed by atoms with van der Waals surface area (Å²) in [6.07, 6.45) is 2.96. The van der Waals surface area contributed by atoms with Gasteiger partial charge >= 0.3 is 11.7 Å². The maximum Gasteiger partial charge on any atom is 0.416 e. The fraction of sp³-hybridized carbons (Fsp3) is 0.789. The van der Waals surface area contributed by atoms with Gasteiger partial charge in [0.05, 0.1) is 19.6 Å². The Hall–Kier alpha value is -1.79. The van der Waals surface area contributed by atoms with Gasteiger partial charge in [0.15, 0.2) is 11.6 Å². The summed E-state index contributed by atoms with van der Waals surface area (Å²) in [7, 11) is 0. The average Bonchev–Trinajstić information content (AvgIpc) is 3.11. The van der Waals surface area contributed by atoms with E-state index in [9.17, 15) is 10.3 Å². The third kappa shape index (κ3) is 5.61. The minimum Gasteiger partial charge on any atom is -0.457 e. The lowest BCUT2D eigenvalue weighted by Gasteiger charge is -2.30. The van der Waals surface area contributed by atoms with Crippen LogP contribution >= 0.6 is 0 Å². The molecule has 4 atom stereocenters. The third-order valence-corrected chi connectivity index (χ3v) is 4.33. The van der Waals surface area contributed by atoms with E-state index in [-0.39, 0.29) is 32.0 Å². The number of esters is 1. The standard InChI is InChI=1S/C19H28N2O7/c1-7-9-24-15(14-11-25-18(3,4)27-14)16-13(26-19(5,6)28-16)10-12(21-20)17(22)23-8-2/h1,13-16H,8-11H2,2-6H3/t13-,14-,15-,16-/m1/s1. The van der Waals surface area contributed by atoms with Gasteiger partial charge in [0.1, 0.15) is 31.0 Å². The summed E-state index contributed by atoms with van der Waals surface area (Å²) in [5.74, 6) is -0.00241. The van der Waals surface area contributed by atoms with Gasteiger partial charge in [0.25, 0.3) is 0 Å². The number of rotatable bonds is 8. The molecule has 0 amide bonds. The highest BCUT2D eigenvalue weighted by Gasteiger charge is 2.52. The largest absolute Gasteiger partial charge is 0.457 e. The van der Waals surface area contributed by atoms with Gasteiger partial charge in [-0.15, -0.1) is 6.42 Å². The van der Waals surface area contributed by atoms with Crippen LogP contribution in [0.15, 0.2) is 0 Å². The first-order valence-electron chi connectivity index (χ1n) is 9.23. The average molecular weight is 396 g/mol. The minimum absolute atomic E-state index is 0.0314. The fourth-order valence-corrected chi connectivity index (χ4v) is 3.30. The van der Waals surface area contributed by atoms with E-state index in [1.807, 2.05) is 0 Å². The van der Waals surface area contributed by atoms with E-state index in [4.69, 9.17) is 34.8 Å². The lowest BCUT2D eigenvalue weighted by Crippen LogP contribution is -2.47. The molecule has 2 rings (SSSR count). The lowest BCUT2D eigenvalue weighted by atomic mass is 9.99. The zero-order valence-electron chi connectivity index (χ0n) is 17.0. The highest BCUT2D eigenvalue weighted by molar-refractivity contribution is 6.34. The molecule has 0 aliphatic carbocycles. The molecular formula is C19H28N2O7. The second-order valence-electron chi connectivity index (χ2n) is 7.46. The molecule has 0 spiro atoms. The van der Waals surface area contributed by atoms with Crippen LogP contribution in [0.5, 0.6) is 0 Å². The Morgan fingerprint density at radius 1 is 1.29 bits per heavy atom. The number of nitrogens with zero attached hydrogens (tertiary/aromatic N) is 2. The molecule has 0 radical (unpaired) electrons.